The van der Waals surface area contributed by atoms with Crippen LogP contribution in [0, 0.1) is 0 Å². The molecule has 0 fully saturated rings. The number of hydrogen-bond donors (Lipinski definition) is 2. The fraction of sp³-hybridized carbons (Fsp3) is 0.174. The molecule has 0 saturated heterocycles. The van der Waals surface area contributed by atoms with Crippen LogP contribution in [0.5, 0.6) is 0 Å². The minimum absolute atomic E-state index is 0.154. The first-order valence-electron chi connectivity index (χ1n) is 9.75. The van der Waals surface area contributed by atoms with Crippen LogP contribution in [0.25, 0.3) is 21.7 Å². The summed E-state index contributed by atoms with van der Waals surface area (Å²) in [5, 5.41) is 10.2. The third-order valence-electron chi connectivity index (χ3n) is 5.27. The van der Waals surface area contributed by atoms with Gasteiger partial charge in [-0.1, -0.05) is 12.1 Å². The SMILES string of the molecule is O=C(Nc1cc(-c2ccc3c(c2)CCCC3)[nH]n1)c1ccc(-c2ccncc2)s1. The standard InChI is InChI=1S/C23H20N4OS/c28-23(21-8-7-20(29-21)16-9-11-24-12-10-16)25-22-14-19(26-27-22)18-6-5-15-3-1-2-4-17(15)13-18/h5-14H,1-4H2,(H2,25,26,27,28). The van der Waals surface area contributed by atoms with Crippen molar-refractivity contribution < 1.29 is 4.79 Å². The molecular formula is C23H20N4OS. The third kappa shape index (κ3) is 3.71. The fourth-order valence-electron chi connectivity index (χ4n) is 3.74. The van der Waals surface area contributed by atoms with Gasteiger partial charge in [0.15, 0.2) is 5.82 Å². The number of benzene rings is 1. The average molecular weight is 401 g/mol. The van der Waals surface area contributed by atoms with Crippen LogP contribution in [0.15, 0.2) is 60.9 Å². The van der Waals surface area contributed by atoms with Crippen LogP contribution in [0.4, 0.5) is 5.82 Å². The van der Waals surface area contributed by atoms with Crippen LogP contribution in [0.2, 0.25) is 0 Å². The van der Waals surface area contributed by atoms with Gasteiger partial charge in [-0.3, -0.25) is 14.9 Å². The van der Waals surface area contributed by atoms with Crippen molar-refractivity contribution in [1.29, 1.82) is 0 Å². The Bertz CT molecular complexity index is 1160. The molecule has 3 aromatic heterocycles. The van der Waals surface area contributed by atoms with Gasteiger partial charge in [-0.2, -0.15) is 5.10 Å². The van der Waals surface area contributed by atoms with Crippen LogP contribution in [-0.2, 0) is 12.8 Å². The lowest BCUT2D eigenvalue weighted by Crippen LogP contribution is -2.10. The number of carbonyl (C=O) groups excluding carboxylic acids is 1. The smallest absolute Gasteiger partial charge is 0.266 e. The number of aromatic amines is 1. The summed E-state index contributed by atoms with van der Waals surface area (Å²) in [5.41, 5.74) is 5.96. The Hall–Kier alpha value is -3.25. The van der Waals surface area contributed by atoms with Crippen molar-refractivity contribution in [3.63, 3.8) is 0 Å². The Morgan fingerprint density at radius 2 is 1.76 bits per heavy atom. The highest BCUT2D eigenvalue weighted by Crippen LogP contribution is 2.29. The number of pyridine rings is 1. The number of H-pyrrole nitrogens is 1. The number of aryl methyl sites for hydroxylation is 2. The molecule has 0 radical (unpaired) electrons. The monoisotopic (exact) mass is 400 g/mol. The Labute approximate surface area is 172 Å². The van der Waals surface area contributed by atoms with Crippen molar-refractivity contribution in [1.82, 2.24) is 15.2 Å². The molecule has 4 aromatic rings. The minimum atomic E-state index is -0.154. The van der Waals surface area contributed by atoms with Gasteiger partial charge in [0.2, 0.25) is 0 Å². The highest BCUT2D eigenvalue weighted by atomic mass is 32.1. The molecule has 1 aliphatic rings. The van der Waals surface area contributed by atoms with E-state index in [0.29, 0.717) is 10.7 Å². The van der Waals surface area contributed by atoms with Crippen LogP contribution >= 0.6 is 11.3 Å². The third-order valence-corrected chi connectivity index (χ3v) is 6.41. The molecule has 1 amide bonds. The van der Waals surface area contributed by atoms with Gasteiger partial charge in [-0.25, -0.2) is 0 Å². The molecule has 6 heteroatoms. The summed E-state index contributed by atoms with van der Waals surface area (Å²) in [6, 6.07) is 16.1. The summed E-state index contributed by atoms with van der Waals surface area (Å²) >= 11 is 1.45. The molecule has 0 bridgehead atoms. The van der Waals surface area contributed by atoms with Crippen molar-refractivity contribution in [2.24, 2.45) is 0 Å². The molecule has 0 spiro atoms. The summed E-state index contributed by atoms with van der Waals surface area (Å²) in [6.45, 7) is 0. The average Bonchev–Trinajstić information content (AvgIpc) is 3.44. The summed E-state index contributed by atoms with van der Waals surface area (Å²) < 4.78 is 0. The summed E-state index contributed by atoms with van der Waals surface area (Å²) in [7, 11) is 0. The van der Waals surface area contributed by atoms with Crippen molar-refractivity contribution in [2.45, 2.75) is 25.7 Å². The maximum Gasteiger partial charge on any atom is 0.266 e. The lowest BCUT2D eigenvalue weighted by Gasteiger charge is -2.16. The predicted molar refractivity (Wildman–Crippen MR) is 116 cm³/mol. The van der Waals surface area contributed by atoms with E-state index in [0.717, 1.165) is 28.1 Å². The number of rotatable bonds is 4. The minimum Gasteiger partial charge on any atom is -0.304 e. The Morgan fingerprint density at radius 1 is 0.931 bits per heavy atom. The number of hydrogen-bond acceptors (Lipinski definition) is 4. The zero-order valence-corrected chi connectivity index (χ0v) is 16.6. The van der Waals surface area contributed by atoms with E-state index >= 15 is 0 Å². The number of fused-ring (bicyclic) bond motifs is 1. The molecule has 0 unspecified atom stereocenters. The summed E-state index contributed by atoms with van der Waals surface area (Å²) in [6.07, 6.45) is 8.34. The predicted octanol–water partition coefficient (Wildman–Crippen LogP) is 5.33. The topological polar surface area (TPSA) is 70.7 Å². The second kappa shape index (κ2) is 7.64. The molecule has 2 N–H and O–H groups in total. The van der Waals surface area contributed by atoms with E-state index in [2.05, 4.69) is 38.7 Å². The van der Waals surface area contributed by atoms with Crippen LogP contribution in [-0.4, -0.2) is 21.1 Å². The Kier molecular flexibility index (Phi) is 4.69. The van der Waals surface area contributed by atoms with Crippen LogP contribution < -0.4 is 5.32 Å². The fourth-order valence-corrected chi connectivity index (χ4v) is 4.65. The van der Waals surface area contributed by atoms with Gasteiger partial charge in [0, 0.05) is 23.3 Å². The number of nitrogens with one attached hydrogen (secondary N) is 2. The largest absolute Gasteiger partial charge is 0.304 e. The quantitative estimate of drug-likeness (QED) is 0.486. The Balaban J connectivity index is 1.31. The number of nitrogens with zero attached hydrogens (tertiary/aromatic N) is 2. The van der Waals surface area contributed by atoms with Crippen LogP contribution in [0.3, 0.4) is 0 Å². The molecule has 29 heavy (non-hydrogen) atoms. The molecule has 144 valence electrons. The number of aromatic nitrogens is 3. The van der Waals surface area contributed by atoms with Gasteiger partial charge in [-0.05, 0) is 78.3 Å². The normalized spacial score (nSPS) is 13.1. The highest BCUT2D eigenvalue weighted by Gasteiger charge is 2.14. The lowest BCUT2D eigenvalue weighted by atomic mass is 9.90. The highest BCUT2D eigenvalue weighted by molar-refractivity contribution is 7.17. The van der Waals surface area contributed by atoms with E-state index in [1.54, 1.807) is 12.4 Å². The molecule has 0 aliphatic heterocycles. The van der Waals surface area contributed by atoms with Gasteiger partial charge < -0.3 is 5.32 Å². The first kappa shape index (κ1) is 17.8. The molecule has 5 rings (SSSR count). The van der Waals surface area contributed by atoms with Gasteiger partial charge in [0.1, 0.15) is 0 Å². The summed E-state index contributed by atoms with van der Waals surface area (Å²) in [4.78, 5) is 18.3. The molecular weight excluding hydrogens is 380 g/mol. The maximum absolute atomic E-state index is 12.6. The number of anilines is 1. The Morgan fingerprint density at radius 3 is 2.62 bits per heavy atom. The summed E-state index contributed by atoms with van der Waals surface area (Å²) in [5.74, 6) is 0.375. The molecule has 0 atom stereocenters. The second-order valence-corrected chi connectivity index (χ2v) is 8.30. The van der Waals surface area contributed by atoms with Gasteiger partial charge in [0.05, 0.1) is 10.6 Å². The van der Waals surface area contributed by atoms with Crippen molar-refractivity contribution >= 4 is 23.1 Å². The molecule has 5 nitrogen and oxygen atoms in total. The van der Waals surface area contributed by atoms with E-state index in [9.17, 15) is 4.79 Å². The number of thiophene rings is 1. The molecule has 3 heterocycles. The maximum atomic E-state index is 12.6. The van der Waals surface area contributed by atoms with Gasteiger partial charge in [0.25, 0.3) is 5.91 Å². The zero-order valence-electron chi connectivity index (χ0n) is 15.8. The molecule has 0 saturated carbocycles. The lowest BCUT2D eigenvalue weighted by molar-refractivity contribution is 0.103. The van der Waals surface area contributed by atoms with Gasteiger partial charge >= 0.3 is 0 Å². The van der Waals surface area contributed by atoms with Crippen molar-refractivity contribution in [3.8, 4) is 21.7 Å². The van der Waals surface area contributed by atoms with E-state index in [1.165, 1.54) is 41.7 Å². The van der Waals surface area contributed by atoms with E-state index in [1.807, 2.05) is 30.3 Å². The number of amides is 1. The van der Waals surface area contributed by atoms with Crippen molar-refractivity contribution in [2.75, 3.05) is 5.32 Å². The zero-order chi connectivity index (χ0) is 19.6. The van der Waals surface area contributed by atoms with Crippen molar-refractivity contribution in [3.05, 3.63) is 76.9 Å². The second-order valence-electron chi connectivity index (χ2n) is 7.21. The number of carbonyl (C=O) groups is 1. The first-order valence-corrected chi connectivity index (χ1v) is 10.6. The molecule has 1 aromatic carbocycles. The van der Waals surface area contributed by atoms with Gasteiger partial charge in [-0.15, -0.1) is 11.3 Å². The van der Waals surface area contributed by atoms with E-state index in [4.69, 9.17) is 0 Å². The van der Waals surface area contributed by atoms with E-state index in [-0.39, 0.29) is 5.91 Å². The first-order chi connectivity index (χ1) is 14.3. The molecule has 1 aliphatic carbocycles. The van der Waals surface area contributed by atoms with E-state index < -0.39 is 0 Å². The van der Waals surface area contributed by atoms with Crippen LogP contribution in [0.1, 0.15) is 33.6 Å².